The number of benzene rings is 2. The minimum atomic E-state index is -3.97. The molecule has 0 radical (unpaired) electrons. The van der Waals surface area contributed by atoms with Gasteiger partial charge >= 0.3 is 0 Å². The van der Waals surface area contributed by atoms with E-state index < -0.39 is 21.5 Å². The zero-order valence-corrected chi connectivity index (χ0v) is 21.7. The average Bonchev–Trinajstić information content (AvgIpc) is 2.72. The van der Waals surface area contributed by atoms with Gasteiger partial charge in [-0.2, -0.15) is 4.31 Å². The zero-order chi connectivity index (χ0) is 25.3. The van der Waals surface area contributed by atoms with Gasteiger partial charge in [0.2, 0.25) is 21.8 Å². The van der Waals surface area contributed by atoms with Crippen molar-refractivity contribution in [3.8, 4) is 0 Å². The molecule has 0 bridgehead atoms. The van der Waals surface area contributed by atoms with Crippen molar-refractivity contribution in [3.63, 3.8) is 0 Å². The Hall–Kier alpha value is -2.71. The molecule has 0 aliphatic carbocycles. The molecule has 7 nitrogen and oxygen atoms in total. The van der Waals surface area contributed by atoms with E-state index in [-0.39, 0.29) is 23.9 Å². The molecule has 184 valence electrons. The lowest BCUT2D eigenvalue weighted by Gasteiger charge is -2.46. The molecular weight excluding hydrogens is 450 g/mol. The van der Waals surface area contributed by atoms with Crippen LogP contribution in [0.15, 0.2) is 47.4 Å². The molecule has 8 heteroatoms. The highest BCUT2D eigenvalue weighted by Crippen LogP contribution is 2.33. The predicted octanol–water partition coefficient (Wildman–Crippen LogP) is 3.57. The number of nitrogens with zero attached hydrogens (tertiary/aromatic N) is 2. The fraction of sp³-hybridized carbons (Fsp3) is 0.462. The van der Waals surface area contributed by atoms with Gasteiger partial charge in [0.25, 0.3) is 0 Å². The Morgan fingerprint density at radius 1 is 1.03 bits per heavy atom. The number of amides is 2. The summed E-state index contributed by atoms with van der Waals surface area (Å²) in [5.74, 6) is -0.409. The molecule has 34 heavy (non-hydrogen) atoms. The molecule has 1 fully saturated rings. The van der Waals surface area contributed by atoms with Crippen LogP contribution in [0.3, 0.4) is 0 Å². The van der Waals surface area contributed by atoms with Gasteiger partial charge in [-0.15, -0.1) is 0 Å². The van der Waals surface area contributed by atoms with Gasteiger partial charge in [0.15, 0.2) is 0 Å². The van der Waals surface area contributed by atoms with Gasteiger partial charge in [0.1, 0.15) is 5.54 Å². The molecule has 1 atom stereocenters. The molecule has 3 rings (SSSR count). The van der Waals surface area contributed by atoms with Crippen LogP contribution in [0.4, 0.5) is 5.69 Å². The Morgan fingerprint density at radius 2 is 1.62 bits per heavy atom. The van der Waals surface area contributed by atoms with E-state index in [0.29, 0.717) is 18.2 Å². The van der Waals surface area contributed by atoms with Crippen molar-refractivity contribution in [2.24, 2.45) is 5.92 Å². The van der Waals surface area contributed by atoms with Crippen molar-refractivity contribution in [2.45, 2.75) is 58.4 Å². The summed E-state index contributed by atoms with van der Waals surface area (Å²) in [7, 11) is -3.97. The van der Waals surface area contributed by atoms with Crippen LogP contribution in [-0.2, 0) is 19.6 Å². The van der Waals surface area contributed by atoms with Crippen molar-refractivity contribution in [2.75, 3.05) is 24.5 Å². The highest BCUT2D eigenvalue weighted by Gasteiger charge is 2.51. The largest absolute Gasteiger partial charge is 0.354 e. The number of piperazine rings is 1. The first-order valence-electron chi connectivity index (χ1n) is 11.6. The molecule has 1 heterocycles. The fourth-order valence-corrected chi connectivity index (χ4v) is 5.82. The maximum atomic E-state index is 13.5. The van der Waals surface area contributed by atoms with E-state index >= 15 is 0 Å². The number of rotatable bonds is 7. The number of nitrogens with one attached hydrogen (secondary N) is 1. The SMILES string of the molecule is Cc1ccc(S(=O)(=O)N2CC(=O)N(c3cc(C)cc(C)c3)[C@@](C)(C(=O)NCCC(C)C)C2)cc1. The van der Waals surface area contributed by atoms with Crippen molar-refractivity contribution < 1.29 is 18.0 Å². The molecule has 0 spiro atoms. The molecule has 1 aliphatic heterocycles. The Bertz CT molecular complexity index is 1150. The second kappa shape index (κ2) is 9.88. The third-order valence-electron chi connectivity index (χ3n) is 6.16. The van der Waals surface area contributed by atoms with Crippen LogP contribution < -0.4 is 10.2 Å². The summed E-state index contributed by atoms with van der Waals surface area (Å²) < 4.78 is 28.0. The minimum Gasteiger partial charge on any atom is -0.354 e. The highest BCUT2D eigenvalue weighted by molar-refractivity contribution is 7.89. The van der Waals surface area contributed by atoms with Crippen molar-refractivity contribution in [1.82, 2.24) is 9.62 Å². The van der Waals surface area contributed by atoms with Gasteiger partial charge in [-0.05, 0) is 75.4 Å². The molecule has 0 saturated carbocycles. The molecule has 2 aromatic carbocycles. The van der Waals surface area contributed by atoms with E-state index in [1.54, 1.807) is 19.1 Å². The summed E-state index contributed by atoms with van der Waals surface area (Å²) in [4.78, 5) is 28.6. The molecule has 2 aromatic rings. The third-order valence-corrected chi connectivity index (χ3v) is 7.96. The highest BCUT2D eigenvalue weighted by atomic mass is 32.2. The van der Waals surface area contributed by atoms with Gasteiger partial charge in [0.05, 0.1) is 11.4 Å². The first kappa shape index (κ1) is 25.9. The first-order chi connectivity index (χ1) is 15.8. The maximum absolute atomic E-state index is 13.5. The zero-order valence-electron chi connectivity index (χ0n) is 20.9. The summed E-state index contributed by atoms with van der Waals surface area (Å²) >= 11 is 0. The van der Waals surface area contributed by atoms with E-state index in [2.05, 4.69) is 19.2 Å². The molecular formula is C26H35N3O4S. The van der Waals surface area contributed by atoms with Gasteiger partial charge in [-0.3, -0.25) is 14.5 Å². The van der Waals surface area contributed by atoms with Gasteiger partial charge in [0, 0.05) is 18.8 Å². The standard InChI is InChI=1S/C26H35N3O4S/c1-18(2)11-12-27-25(31)26(6)17-28(34(32,33)23-9-7-19(3)8-10-23)16-24(30)29(26)22-14-20(4)13-21(5)15-22/h7-10,13-15,18H,11-12,16-17H2,1-6H3,(H,27,31)/t26-/m1/s1. The molecule has 0 unspecified atom stereocenters. The average molecular weight is 486 g/mol. The normalized spacial score (nSPS) is 19.5. The fourth-order valence-electron chi connectivity index (χ4n) is 4.34. The van der Waals surface area contributed by atoms with Crippen molar-refractivity contribution in [3.05, 3.63) is 59.2 Å². The van der Waals surface area contributed by atoms with Crippen LogP contribution in [-0.4, -0.2) is 49.7 Å². The van der Waals surface area contributed by atoms with Crippen LogP contribution in [0.5, 0.6) is 0 Å². The summed E-state index contributed by atoms with van der Waals surface area (Å²) in [6.07, 6.45) is 0.782. The Morgan fingerprint density at radius 3 is 2.18 bits per heavy atom. The third kappa shape index (κ3) is 5.33. The Labute approximate surface area is 203 Å². The lowest BCUT2D eigenvalue weighted by atomic mass is 9.93. The molecule has 1 saturated heterocycles. The summed E-state index contributed by atoms with van der Waals surface area (Å²) in [5, 5.41) is 2.94. The number of carbonyl (C=O) groups is 2. The van der Waals surface area contributed by atoms with E-state index in [1.165, 1.54) is 17.0 Å². The topological polar surface area (TPSA) is 86.8 Å². The molecule has 1 N–H and O–H groups in total. The summed E-state index contributed by atoms with van der Waals surface area (Å²) in [6.45, 7) is 11.5. The second-order valence-corrected chi connectivity index (χ2v) is 11.8. The summed E-state index contributed by atoms with van der Waals surface area (Å²) in [5.41, 5.74) is 2.03. The Kier molecular flexibility index (Phi) is 7.53. The molecule has 2 amide bonds. The number of hydrogen-bond donors (Lipinski definition) is 1. The maximum Gasteiger partial charge on any atom is 0.247 e. The van der Waals surface area contributed by atoms with Crippen molar-refractivity contribution in [1.29, 1.82) is 0 Å². The quantitative estimate of drug-likeness (QED) is 0.650. The first-order valence-corrected chi connectivity index (χ1v) is 13.0. The molecule has 1 aliphatic rings. The van der Waals surface area contributed by atoms with E-state index in [4.69, 9.17) is 0 Å². The number of hydrogen-bond acceptors (Lipinski definition) is 4. The lowest BCUT2D eigenvalue weighted by Crippen LogP contribution is -2.70. The van der Waals surface area contributed by atoms with Crippen LogP contribution in [0, 0.1) is 26.7 Å². The van der Waals surface area contributed by atoms with Crippen LogP contribution >= 0.6 is 0 Å². The smallest absolute Gasteiger partial charge is 0.247 e. The van der Waals surface area contributed by atoms with Crippen LogP contribution in [0.25, 0.3) is 0 Å². The summed E-state index contributed by atoms with van der Waals surface area (Å²) in [6, 6.07) is 12.2. The van der Waals surface area contributed by atoms with Crippen LogP contribution in [0.1, 0.15) is 43.9 Å². The van der Waals surface area contributed by atoms with E-state index in [9.17, 15) is 18.0 Å². The van der Waals surface area contributed by atoms with E-state index in [0.717, 1.165) is 27.4 Å². The van der Waals surface area contributed by atoms with Gasteiger partial charge < -0.3 is 5.32 Å². The van der Waals surface area contributed by atoms with Gasteiger partial charge in [-0.25, -0.2) is 8.42 Å². The second-order valence-electron chi connectivity index (χ2n) is 9.87. The molecule has 0 aromatic heterocycles. The minimum absolute atomic E-state index is 0.105. The number of aryl methyl sites for hydroxylation is 3. The Balaban J connectivity index is 2.03. The van der Waals surface area contributed by atoms with E-state index in [1.807, 2.05) is 39.0 Å². The van der Waals surface area contributed by atoms with Crippen LogP contribution in [0.2, 0.25) is 0 Å². The van der Waals surface area contributed by atoms with Crippen molar-refractivity contribution >= 4 is 27.5 Å². The van der Waals surface area contributed by atoms with Gasteiger partial charge in [-0.1, -0.05) is 37.6 Å². The lowest BCUT2D eigenvalue weighted by molar-refractivity contribution is -0.132. The number of sulfonamides is 1. The predicted molar refractivity (Wildman–Crippen MR) is 134 cm³/mol. The monoisotopic (exact) mass is 485 g/mol. The number of carbonyl (C=O) groups excluding carboxylic acids is 2. The number of anilines is 1.